The van der Waals surface area contributed by atoms with Gasteiger partial charge in [0.25, 0.3) is 0 Å². The molecule has 3 aliphatic rings. The molecule has 3 aromatic rings. The van der Waals surface area contributed by atoms with Crippen LogP contribution in [0.1, 0.15) is 66.0 Å². The van der Waals surface area contributed by atoms with Crippen LogP contribution in [0.5, 0.6) is 0 Å². The van der Waals surface area contributed by atoms with Crippen LogP contribution < -0.4 is 0 Å². The number of aryl methyl sites for hydroxylation is 1. The maximum Gasteiger partial charge on any atom is 0.0551 e. The van der Waals surface area contributed by atoms with Crippen molar-refractivity contribution in [2.45, 2.75) is 82.7 Å². The molecule has 6 rings (SSSR count). The van der Waals surface area contributed by atoms with Gasteiger partial charge in [0.2, 0.25) is 0 Å². The van der Waals surface area contributed by atoms with Crippen LogP contribution in [-0.2, 0) is 12.8 Å². The Balaban J connectivity index is 1.34. The molecule has 0 amide bonds. The van der Waals surface area contributed by atoms with Crippen molar-refractivity contribution in [3.63, 3.8) is 0 Å². The fourth-order valence-corrected chi connectivity index (χ4v) is 19.4. The zero-order valence-corrected chi connectivity index (χ0v) is 26.7. The third-order valence-electron chi connectivity index (χ3n) is 10.7. The monoisotopic (exact) mass is 544 g/mol. The van der Waals surface area contributed by atoms with Crippen molar-refractivity contribution >= 4 is 21.3 Å². The molecule has 0 saturated carbocycles. The summed E-state index contributed by atoms with van der Waals surface area (Å²) in [6.45, 7) is 15.7. The maximum absolute atomic E-state index is 2.73. The van der Waals surface area contributed by atoms with Gasteiger partial charge in [0.05, 0.1) is 15.2 Å². The molecule has 0 radical (unpaired) electrons. The molecular weight excluding hydrogens is 501 g/mol. The van der Waals surface area contributed by atoms with Crippen molar-refractivity contribution in [3.05, 3.63) is 124 Å². The predicted molar refractivity (Wildman–Crippen MR) is 176 cm³/mol. The summed E-state index contributed by atoms with van der Waals surface area (Å²) in [5.41, 5.74) is 15.3. The van der Waals surface area contributed by atoms with E-state index >= 15 is 0 Å². The highest BCUT2D eigenvalue weighted by atomic mass is 29.3. The lowest BCUT2D eigenvalue weighted by Crippen LogP contribution is -2.60. The van der Waals surface area contributed by atoms with E-state index in [0.29, 0.717) is 17.0 Å². The molecule has 0 saturated heterocycles. The minimum Gasteiger partial charge on any atom is -0.0803 e. The Morgan fingerprint density at radius 1 is 0.872 bits per heavy atom. The first-order valence-electron chi connectivity index (χ1n) is 15.0. The lowest BCUT2D eigenvalue weighted by molar-refractivity contribution is 0.763. The highest BCUT2D eigenvalue weighted by Gasteiger charge is 2.52. The van der Waals surface area contributed by atoms with E-state index in [1.807, 2.05) is 0 Å². The van der Waals surface area contributed by atoms with Crippen molar-refractivity contribution in [2.24, 2.45) is 0 Å². The Labute approximate surface area is 238 Å². The zero-order chi connectivity index (χ0) is 27.4. The van der Waals surface area contributed by atoms with Crippen LogP contribution in [0.3, 0.4) is 0 Å². The van der Waals surface area contributed by atoms with Crippen LogP contribution in [0, 0.1) is 0 Å². The number of hydrogen-bond acceptors (Lipinski definition) is 0. The second kappa shape index (κ2) is 10.1. The van der Waals surface area contributed by atoms with Crippen molar-refractivity contribution in [1.82, 2.24) is 0 Å². The van der Waals surface area contributed by atoms with Gasteiger partial charge < -0.3 is 0 Å². The quantitative estimate of drug-likeness (QED) is 0.259. The Kier molecular flexibility index (Phi) is 6.84. The first kappa shape index (κ1) is 26.5. The van der Waals surface area contributed by atoms with Crippen molar-refractivity contribution in [2.75, 3.05) is 0 Å². The SMILES string of the molecule is CC1=Cc2c(cc3c(c2-c2ccccc2)CCC3)C1[Si](C)(C)[Si](C)(C)C1C=CC(CC(C)c2ccccc2)=C1. The zero-order valence-electron chi connectivity index (χ0n) is 24.7. The van der Waals surface area contributed by atoms with E-state index in [1.165, 1.54) is 30.4 Å². The summed E-state index contributed by atoms with van der Waals surface area (Å²) in [4.78, 5) is 0. The highest BCUT2D eigenvalue weighted by Crippen LogP contribution is 2.53. The summed E-state index contributed by atoms with van der Waals surface area (Å²) in [7, 11) is -3.33. The third kappa shape index (κ3) is 4.50. The number of benzene rings is 3. The predicted octanol–water partition coefficient (Wildman–Crippen LogP) is 10.4. The molecule has 39 heavy (non-hydrogen) atoms. The molecule has 3 aliphatic carbocycles. The Bertz CT molecular complexity index is 1470. The van der Waals surface area contributed by atoms with Gasteiger partial charge >= 0.3 is 0 Å². The average molecular weight is 545 g/mol. The second-order valence-corrected chi connectivity index (χ2v) is 29.4. The lowest BCUT2D eigenvalue weighted by atomic mass is 9.89. The molecule has 0 aliphatic heterocycles. The maximum atomic E-state index is 2.73. The number of allylic oxidation sites excluding steroid dienone is 5. The molecule has 0 aromatic heterocycles. The molecule has 3 aromatic carbocycles. The molecule has 3 unspecified atom stereocenters. The van der Waals surface area contributed by atoms with Crippen LogP contribution in [-0.4, -0.2) is 15.2 Å². The fourth-order valence-electron chi connectivity index (χ4n) is 7.84. The van der Waals surface area contributed by atoms with E-state index in [1.54, 1.807) is 39.0 Å². The average Bonchev–Trinajstić information content (AvgIpc) is 3.66. The van der Waals surface area contributed by atoms with Crippen LogP contribution in [0.15, 0.2) is 96.1 Å². The summed E-state index contributed by atoms with van der Waals surface area (Å²) >= 11 is 0. The third-order valence-corrected chi connectivity index (χ3v) is 30.1. The van der Waals surface area contributed by atoms with Gasteiger partial charge in [-0.15, -0.1) is 0 Å². The van der Waals surface area contributed by atoms with Crippen molar-refractivity contribution in [1.29, 1.82) is 0 Å². The number of fused-ring (bicyclic) bond motifs is 2. The molecule has 200 valence electrons. The van der Waals surface area contributed by atoms with Gasteiger partial charge in [0.15, 0.2) is 0 Å². The lowest BCUT2D eigenvalue weighted by Gasteiger charge is -2.46. The largest absolute Gasteiger partial charge is 0.0803 e. The first-order valence-corrected chi connectivity index (χ1v) is 22.2. The van der Waals surface area contributed by atoms with E-state index in [2.05, 4.69) is 131 Å². The molecule has 0 N–H and O–H groups in total. The van der Waals surface area contributed by atoms with Gasteiger partial charge in [0, 0.05) is 0 Å². The normalized spacial score (nSPS) is 21.0. The van der Waals surface area contributed by atoms with E-state index < -0.39 is 15.2 Å². The summed E-state index contributed by atoms with van der Waals surface area (Å²) in [6, 6.07) is 24.9. The minimum absolute atomic E-state index is 0.557. The van der Waals surface area contributed by atoms with E-state index in [9.17, 15) is 0 Å². The Hall–Kier alpha value is -2.69. The fraction of sp³-hybridized carbons (Fsp3) is 0.351. The minimum atomic E-state index is -1.69. The van der Waals surface area contributed by atoms with Gasteiger partial charge in [0.1, 0.15) is 0 Å². The van der Waals surface area contributed by atoms with Crippen LogP contribution in [0.2, 0.25) is 31.7 Å². The van der Waals surface area contributed by atoms with Crippen LogP contribution >= 0.6 is 0 Å². The molecule has 0 nitrogen and oxygen atoms in total. The molecule has 3 atom stereocenters. The van der Waals surface area contributed by atoms with Crippen molar-refractivity contribution in [3.8, 4) is 11.1 Å². The molecule has 0 bridgehead atoms. The van der Waals surface area contributed by atoms with Gasteiger partial charge in [-0.1, -0.05) is 135 Å². The number of rotatable bonds is 7. The highest BCUT2D eigenvalue weighted by molar-refractivity contribution is 7.42. The standard InChI is InChI=1S/C37H44Si2/c1-26(29-14-9-7-10-15-29)22-28-20-21-32(24-28)38(3,4)39(5,6)37-27(2)23-34-35(37)25-31-18-13-19-33(31)36(34)30-16-11-8-12-17-30/h7-12,14-17,20-21,23-26,32,37H,13,18-19,22H2,1-6H3. The molecular formula is C37H44Si2. The molecule has 0 heterocycles. The summed E-state index contributed by atoms with van der Waals surface area (Å²) in [5.74, 6) is 0.557. The summed E-state index contributed by atoms with van der Waals surface area (Å²) in [6.07, 6.45) is 15.2. The molecule has 0 fully saturated rings. The number of hydrogen-bond donors (Lipinski definition) is 0. The molecule has 0 spiro atoms. The van der Waals surface area contributed by atoms with E-state index in [4.69, 9.17) is 0 Å². The molecule has 2 heteroatoms. The topological polar surface area (TPSA) is 0 Å². The van der Waals surface area contributed by atoms with E-state index in [-0.39, 0.29) is 0 Å². The van der Waals surface area contributed by atoms with Gasteiger partial charge in [-0.2, -0.15) is 0 Å². The second-order valence-electron chi connectivity index (χ2n) is 13.5. The van der Waals surface area contributed by atoms with Gasteiger partial charge in [-0.3, -0.25) is 0 Å². The Morgan fingerprint density at radius 3 is 2.28 bits per heavy atom. The van der Waals surface area contributed by atoms with Gasteiger partial charge in [-0.05, 0) is 88.6 Å². The summed E-state index contributed by atoms with van der Waals surface area (Å²) < 4.78 is 0. The first-order chi connectivity index (χ1) is 18.7. The van der Waals surface area contributed by atoms with Crippen LogP contribution in [0.25, 0.3) is 17.2 Å². The smallest absolute Gasteiger partial charge is 0.0551 e. The van der Waals surface area contributed by atoms with E-state index in [0.717, 1.165) is 6.42 Å². The van der Waals surface area contributed by atoms with Crippen molar-refractivity contribution < 1.29 is 0 Å². The van der Waals surface area contributed by atoms with Crippen LogP contribution in [0.4, 0.5) is 0 Å². The van der Waals surface area contributed by atoms with Gasteiger partial charge in [-0.25, -0.2) is 0 Å². The summed E-state index contributed by atoms with van der Waals surface area (Å²) in [5, 5.41) is 0. The Morgan fingerprint density at radius 2 is 1.56 bits per heavy atom.